The number of halogens is 3. The fraction of sp³-hybridized carbons (Fsp3) is 0.765. The van der Waals surface area contributed by atoms with Crippen molar-refractivity contribution in [2.45, 2.75) is 63.3 Å². The van der Waals surface area contributed by atoms with Crippen LogP contribution < -0.4 is 5.32 Å². The van der Waals surface area contributed by atoms with Gasteiger partial charge >= 0.3 is 6.18 Å². The van der Waals surface area contributed by atoms with Crippen LogP contribution in [0.15, 0.2) is 6.20 Å². The lowest BCUT2D eigenvalue weighted by atomic mass is 9.65. The van der Waals surface area contributed by atoms with Gasteiger partial charge in [-0.1, -0.05) is 0 Å². The lowest BCUT2D eigenvalue weighted by Gasteiger charge is -2.45. The highest BCUT2D eigenvalue weighted by molar-refractivity contribution is 5.35. The average molecular weight is 341 g/mol. The van der Waals surface area contributed by atoms with E-state index in [-0.39, 0.29) is 17.1 Å². The van der Waals surface area contributed by atoms with Crippen molar-refractivity contribution < 1.29 is 18.3 Å². The van der Waals surface area contributed by atoms with Crippen LogP contribution in [0.1, 0.15) is 56.2 Å². The first kappa shape index (κ1) is 16.1. The summed E-state index contributed by atoms with van der Waals surface area (Å²) in [4.78, 5) is 7.76. The number of anilines is 1. The normalized spacial score (nSPS) is 35.1. The third-order valence-corrected chi connectivity index (χ3v) is 6.07. The van der Waals surface area contributed by atoms with Gasteiger partial charge in [0.1, 0.15) is 0 Å². The molecule has 7 heteroatoms. The first-order valence-electron chi connectivity index (χ1n) is 8.69. The molecule has 2 atom stereocenters. The van der Waals surface area contributed by atoms with Gasteiger partial charge in [-0.25, -0.2) is 9.97 Å². The maximum Gasteiger partial charge on any atom is 0.433 e. The zero-order valence-electron chi connectivity index (χ0n) is 13.4. The topological polar surface area (TPSA) is 58.0 Å². The van der Waals surface area contributed by atoms with Gasteiger partial charge in [0.2, 0.25) is 5.95 Å². The number of alkyl halides is 3. The Labute approximate surface area is 138 Å². The van der Waals surface area contributed by atoms with E-state index >= 15 is 0 Å². The number of hydrogen-bond acceptors (Lipinski definition) is 4. The molecule has 0 amide bonds. The number of hydrogen-bond donors (Lipinski definition) is 2. The van der Waals surface area contributed by atoms with Gasteiger partial charge in [0.15, 0.2) is 5.69 Å². The molecule has 4 nitrogen and oxygen atoms in total. The average Bonchev–Trinajstić information content (AvgIpc) is 2.70. The standard InChI is InChI=1S/C17H22F3N3O/c18-17(19,20)14-13(9-24)8-21-15(22-14)23-16-2-1-10-3-11(6-16)5-12(4-10)7-16/h8,10-12,24H,1-7,9H2,(H,21,22,23). The van der Waals surface area contributed by atoms with Crippen LogP contribution in [-0.2, 0) is 12.8 Å². The predicted molar refractivity (Wildman–Crippen MR) is 82.1 cm³/mol. The van der Waals surface area contributed by atoms with Crippen LogP contribution in [0.2, 0.25) is 0 Å². The van der Waals surface area contributed by atoms with Gasteiger partial charge in [-0.3, -0.25) is 0 Å². The van der Waals surface area contributed by atoms with Gasteiger partial charge < -0.3 is 10.4 Å². The fourth-order valence-electron chi connectivity index (χ4n) is 5.37. The molecule has 1 heterocycles. The van der Waals surface area contributed by atoms with Crippen LogP contribution in [0.5, 0.6) is 0 Å². The minimum absolute atomic E-state index is 0.0410. The summed E-state index contributed by atoms with van der Waals surface area (Å²) in [6, 6.07) is 0. The number of fused-ring (bicyclic) bond motifs is 1. The molecule has 0 aliphatic heterocycles. The van der Waals surface area contributed by atoms with Gasteiger partial charge in [-0.15, -0.1) is 0 Å². The van der Waals surface area contributed by atoms with E-state index in [1.807, 2.05) is 0 Å². The van der Waals surface area contributed by atoms with Crippen molar-refractivity contribution in [1.29, 1.82) is 0 Å². The number of aliphatic hydroxyl groups is 1. The van der Waals surface area contributed by atoms with Crippen molar-refractivity contribution in [3.63, 3.8) is 0 Å². The molecule has 4 aliphatic carbocycles. The monoisotopic (exact) mass is 341 g/mol. The maximum atomic E-state index is 13.1. The van der Waals surface area contributed by atoms with Crippen LogP contribution in [0.25, 0.3) is 0 Å². The van der Waals surface area contributed by atoms with E-state index in [2.05, 4.69) is 15.3 Å². The molecule has 0 aromatic carbocycles. The number of nitrogens with one attached hydrogen (secondary N) is 1. The van der Waals surface area contributed by atoms with Crippen molar-refractivity contribution in [1.82, 2.24) is 9.97 Å². The zero-order valence-corrected chi connectivity index (χ0v) is 13.4. The van der Waals surface area contributed by atoms with E-state index in [0.717, 1.165) is 37.8 Å². The highest BCUT2D eigenvalue weighted by atomic mass is 19.4. The smallest absolute Gasteiger partial charge is 0.392 e. The molecule has 5 rings (SSSR count). The molecule has 0 spiro atoms. The van der Waals surface area contributed by atoms with Crippen molar-refractivity contribution >= 4 is 5.95 Å². The Morgan fingerprint density at radius 1 is 1.17 bits per heavy atom. The van der Waals surface area contributed by atoms with Crippen LogP contribution in [0.4, 0.5) is 19.1 Å². The van der Waals surface area contributed by atoms with E-state index in [0.29, 0.717) is 11.8 Å². The molecule has 24 heavy (non-hydrogen) atoms. The van der Waals surface area contributed by atoms with Crippen molar-refractivity contribution in [3.8, 4) is 0 Å². The summed E-state index contributed by atoms with van der Waals surface area (Å²) in [5.74, 6) is 2.18. The predicted octanol–water partition coefficient (Wildman–Crippen LogP) is 3.76. The van der Waals surface area contributed by atoms with Gasteiger partial charge in [-0.05, 0) is 62.7 Å². The fourth-order valence-corrected chi connectivity index (χ4v) is 5.37. The van der Waals surface area contributed by atoms with Crippen molar-refractivity contribution in [2.24, 2.45) is 17.8 Å². The largest absolute Gasteiger partial charge is 0.433 e. The Bertz CT molecular complexity index is 620. The summed E-state index contributed by atoms with van der Waals surface area (Å²) in [5, 5.41) is 12.4. The SMILES string of the molecule is OCc1cnc(NC23CCC4CC(CC(C4)C2)C3)nc1C(F)(F)F. The van der Waals surface area contributed by atoms with Crippen molar-refractivity contribution in [2.75, 3.05) is 5.32 Å². The molecule has 132 valence electrons. The van der Waals surface area contributed by atoms with E-state index in [9.17, 15) is 13.2 Å². The number of aliphatic hydroxyl groups excluding tert-OH is 1. The van der Waals surface area contributed by atoms with E-state index in [1.165, 1.54) is 19.3 Å². The quantitative estimate of drug-likeness (QED) is 0.879. The minimum Gasteiger partial charge on any atom is -0.392 e. The third kappa shape index (κ3) is 2.87. The highest BCUT2D eigenvalue weighted by Crippen LogP contribution is 2.53. The molecule has 4 saturated carbocycles. The number of aromatic nitrogens is 2. The maximum absolute atomic E-state index is 13.1. The van der Waals surface area contributed by atoms with E-state index in [1.54, 1.807) is 0 Å². The van der Waals surface area contributed by atoms with Gasteiger partial charge in [-0.2, -0.15) is 13.2 Å². The lowest BCUT2D eigenvalue weighted by molar-refractivity contribution is -0.142. The van der Waals surface area contributed by atoms with Crippen LogP contribution in [-0.4, -0.2) is 20.6 Å². The summed E-state index contributed by atoms with van der Waals surface area (Å²) in [6.45, 7) is -0.716. The first-order valence-corrected chi connectivity index (χ1v) is 8.69. The molecule has 0 radical (unpaired) electrons. The second kappa shape index (κ2) is 5.58. The van der Waals surface area contributed by atoms with Crippen LogP contribution >= 0.6 is 0 Å². The summed E-state index contributed by atoms with van der Waals surface area (Å²) < 4.78 is 39.4. The van der Waals surface area contributed by atoms with Gasteiger partial charge in [0.25, 0.3) is 0 Å². The Morgan fingerprint density at radius 3 is 2.46 bits per heavy atom. The Hall–Kier alpha value is -1.37. The second-order valence-electron chi connectivity index (χ2n) is 7.88. The van der Waals surface area contributed by atoms with E-state index in [4.69, 9.17) is 5.11 Å². The molecule has 4 bridgehead atoms. The van der Waals surface area contributed by atoms with E-state index < -0.39 is 18.5 Å². The van der Waals surface area contributed by atoms with Gasteiger partial charge in [0, 0.05) is 17.3 Å². The summed E-state index contributed by atoms with van der Waals surface area (Å²) in [5.41, 5.74) is -1.48. The van der Waals surface area contributed by atoms with Crippen LogP contribution in [0, 0.1) is 17.8 Å². The molecular weight excluding hydrogens is 319 g/mol. The molecule has 1 aromatic heterocycles. The minimum atomic E-state index is -4.59. The van der Waals surface area contributed by atoms with Gasteiger partial charge in [0.05, 0.1) is 6.61 Å². The Balaban J connectivity index is 1.63. The lowest BCUT2D eigenvalue weighted by Crippen LogP contribution is -2.45. The number of rotatable bonds is 3. The Kier molecular flexibility index (Phi) is 3.74. The molecule has 4 aliphatic rings. The summed E-state index contributed by atoms with van der Waals surface area (Å²) >= 11 is 0. The molecule has 2 N–H and O–H groups in total. The molecule has 2 unspecified atom stereocenters. The van der Waals surface area contributed by atoms with Crippen molar-refractivity contribution in [3.05, 3.63) is 17.5 Å². The highest BCUT2D eigenvalue weighted by Gasteiger charge is 2.48. The summed E-state index contributed by atoms with van der Waals surface area (Å²) in [6.07, 6.45) is 4.42. The molecule has 1 aromatic rings. The summed E-state index contributed by atoms with van der Waals surface area (Å²) in [7, 11) is 0. The Morgan fingerprint density at radius 2 is 1.83 bits per heavy atom. The third-order valence-electron chi connectivity index (χ3n) is 6.07. The zero-order chi connectivity index (χ0) is 16.9. The molecule has 0 saturated heterocycles. The number of nitrogens with zero attached hydrogens (tertiary/aromatic N) is 2. The molecule has 4 fully saturated rings. The first-order chi connectivity index (χ1) is 11.4. The second-order valence-corrected chi connectivity index (χ2v) is 7.88. The van der Waals surface area contributed by atoms with Crippen LogP contribution in [0.3, 0.4) is 0 Å². The molecular formula is C17H22F3N3O.